The fourth-order valence-corrected chi connectivity index (χ4v) is 2.42. The van der Waals surface area contributed by atoms with Gasteiger partial charge in [0.1, 0.15) is 5.71 Å². The molecule has 0 fully saturated rings. The van der Waals surface area contributed by atoms with Gasteiger partial charge in [0.25, 0.3) is 0 Å². The predicted molar refractivity (Wildman–Crippen MR) is 73.7 cm³/mol. The molecule has 6 nitrogen and oxygen atoms in total. The monoisotopic (exact) mass is 270 g/mol. The van der Waals surface area contributed by atoms with Crippen molar-refractivity contribution in [3.63, 3.8) is 0 Å². The Morgan fingerprint density at radius 1 is 1.30 bits per heavy atom. The molecule has 0 unspecified atom stereocenters. The normalized spacial score (nSPS) is 17.1. The van der Waals surface area contributed by atoms with E-state index in [2.05, 4.69) is 32.2 Å². The highest BCUT2D eigenvalue weighted by Gasteiger charge is 2.23. The van der Waals surface area contributed by atoms with E-state index in [1.54, 1.807) is 0 Å². The molecule has 0 aliphatic carbocycles. The van der Waals surface area contributed by atoms with Crippen molar-refractivity contribution in [3.05, 3.63) is 63.8 Å². The van der Waals surface area contributed by atoms with Gasteiger partial charge >= 0.3 is 5.69 Å². The van der Waals surface area contributed by atoms with E-state index < -0.39 is 5.69 Å². The zero-order chi connectivity index (χ0) is 13.9. The molecule has 2 aromatic rings. The van der Waals surface area contributed by atoms with Gasteiger partial charge in [-0.25, -0.2) is 9.78 Å². The summed E-state index contributed by atoms with van der Waals surface area (Å²) >= 11 is 0. The maximum Gasteiger partial charge on any atom is 0.345 e. The van der Waals surface area contributed by atoms with Gasteiger partial charge in [-0.1, -0.05) is 35.5 Å². The number of hydrogen-bond acceptors (Lipinski definition) is 5. The lowest BCUT2D eigenvalue weighted by atomic mass is 10.0. The van der Waals surface area contributed by atoms with Crippen LogP contribution in [0.5, 0.6) is 0 Å². The van der Waals surface area contributed by atoms with Crippen molar-refractivity contribution in [2.45, 2.75) is 13.1 Å². The second kappa shape index (κ2) is 5.26. The Hall–Kier alpha value is -2.47. The molecule has 2 heterocycles. The molecule has 20 heavy (non-hydrogen) atoms. The van der Waals surface area contributed by atoms with E-state index in [1.165, 1.54) is 11.8 Å². The SMILES string of the molecule is O=c1ncc2c([nH]1)/C(=N/O)CN(Cc1ccccc1)C2. The molecule has 102 valence electrons. The van der Waals surface area contributed by atoms with Crippen LogP contribution in [0.3, 0.4) is 0 Å². The maximum absolute atomic E-state index is 11.3. The number of oxime groups is 1. The number of hydrogen-bond donors (Lipinski definition) is 2. The summed E-state index contributed by atoms with van der Waals surface area (Å²) in [6, 6.07) is 10.1. The Kier molecular flexibility index (Phi) is 3.30. The highest BCUT2D eigenvalue weighted by atomic mass is 16.4. The number of nitrogens with zero attached hydrogens (tertiary/aromatic N) is 3. The fraction of sp³-hybridized carbons (Fsp3) is 0.214. The lowest BCUT2D eigenvalue weighted by Crippen LogP contribution is -2.37. The highest BCUT2D eigenvalue weighted by molar-refractivity contribution is 6.01. The third kappa shape index (κ3) is 2.46. The van der Waals surface area contributed by atoms with Crippen LogP contribution in [0.25, 0.3) is 0 Å². The largest absolute Gasteiger partial charge is 0.411 e. The van der Waals surface area contributed by atoms with Gasteiger partial charge in [0.2, 0.25) is 0 Å². The van der Waals surface area contributed by atoms with E-state index in [4.69, 9.17) is 5.21 Å². The maximum atomic E-state index is 11.3. The molecular weight excluding hydrogens is 256 g/mol. The first kappa shape index (κ1) is 12.6. The number of fused-ring (bicyclic) bond motifs is 1. The second-order valence-corrected chi connectivity index (χ2v) is 4.77. The van der Waals surface area contributed by atoms with Crippen LogP contribution in [0.1, 0.15) is 16.8 Å². The third-order valence-electron chi connectivity index (χ3n) is 3.32. The fourth-order valence-electron chi connectivity index (χ4n) is 2.42. The van der Waals surface area contributed by atoms with Gasteiger partial charge in [-0.3, -0.25) is 4.90 Å². The minimum atomic E-state index is -0.429. The van der Waals surface area contributed by atoms with Crippen LogP contribution in [0, 0.1) is 0 Å². The van der Waals surface area contributed by atoms with Gasteiger partial charge in [0.15, 0.2) is 0 Å². The van der Waals surface area contributed by atoms with Crippen molar-refractivity contribution in [3.8, 4) is 0 Å². The summed E-state index contributed by atoms with van der Waals surface area (Å²) in [4.78, 5) is 19.7. The number of aromatic amines is 1. The second-order valence-electron chi connectivity index (χ2n) is 4.77. The number of nitrogens with one attached hydrogen (secondary N) is 1. The van der Waals surface area contributed by atoms with Crippen molar-refractivity contribution in [2.24, 2.45) is 5.16 Å². The van der Waals surface area contributed by atoms with Crippen LogP contribution in [-0.2, 0) is 13.1 Å². The molecule has 6 heteroatoms. The Balaban J connectivity index is 1.88. The standard InChI is InChI=1S/C14H14N4O2/c19-14-15-6-11-8-18(7-10-4-2-1-3-5-10)9-12(17-20)13(11)16-14/h1-6,20H,7-9H2,(H,15,16,19)/b17-12+. The summed E-state index contributed by atoms with van der Waals surface area (Å²) in [7, 11) is 0. The summed E-state index contributed by atoms with van der Waals surface area (Å²) in [5.74, 6) is 0. The summed E-state index contributed by atoms with van der Waals surface area (Å²) < 4.78 is 0. The molecule has 2 N–H and O–H groups in total. The molecule has 0 radical (unpaired) electrons. The minimum absolute atomic E-state index is 0.429. The molecule has 0 amide bonds. The smallest absolute Gasteiger partial charge is 0.345 e. The third-order valence-corrected chi connectivity index (χ3v) is 3.32. The van der Waals surface area contributed by atoms with Crippen molar-refractivity contribution in [1.29, 1.82) is 0 Å². The van der Waals surface area contributed by atoms with E-state index in [-0.39, 0.29) is 0 Å². The van der Waals surface area contributed by atoms with Gasteiger partial charge in [-0.2, -0.15) is 0 Å². The van der Waals surface area contributed by atoms with Crippen molar-refractivity contribution in [2.75, 3.05) is 6.54 Å². The first-order valence-corrected chi connectivity index (χ1v) is 6.32. The van der Waals surface area contributed by atoms with Gasteiger partial charge in [0, 0.05) is 31.4 Å². The van der Waals surface area contributed by atoms with Crippen molar-refractivity contribution < 1.29 is 5.21 Å². The molecule has 1 aromatic carbocycles. The van der Waals surface area contributed by atoms with Gasteiger partial charge in [0.05, 0.1) is 5.69 Å². The van der Waals surface area contributed by atoms with E-state index >= 15 is 0 Å². The molecule has 0 saturated carbocycles. The Bertz CT molecular complexity index is 694. The van der Waals surface area contributed by atoms with E-state index in [1.807, 2.05) is 18.2 Å². The van der Waals surface area contributed by atoms with Gasteiger partial charge in [-0.15, -0.1) is 0 Å². The zero-order valence-corrected chi connectivity index (χ0v) is 10.8. The molecule has 1 aliphatic rings. The molecule has 0 spiro atoms. The number of benzene rings is 1. The summed E-state index contributed by atoms with van der Waals surface area (Å²) in [6.45, 7) is 1.89. The summed E-state index contributed by atoms with van der Waals surface area (Å²) in [5, 5.41) is 12.4. The number of rotatable bonds is 2. The molecular formula is C14H14N4O2. The topological polar surface area (TPSA) is 81.6 Å². The van der Waals surface area contributed by atoms with Crippen molar-refractivity contribution >= 4 is 5.71 Å². The highest BCUT2D eigenvalue weighted by Crippen LogP contribution is 2.17. The van der Waals surface area contributed by atoms with Crippen LogP contribution >= 0.6 is 0 Å². The molecule has 1 aromatic heterocycles. The van der Waals surface area contributed by atoms with Crippen LogP contribution in [0.2, 0.25) is 0 Å². The van der Waals surface area contributed by atoms with Gasteiger partial charge in [-0.05, 0) is 5.56 Å². The van der Waals surface area contributed by atoms with Gasteiger partial charge < -0.3 is 10.2 Å². The van der Waals surface area contributed by atoms with E-state index in [0.29, 0.717) is 24.5 Å². The molecule has 3 rings (SSSR count). The molecule has 1 aliphatic heterocycles. The lowest BCUT2D eigenvalue weighted by Gasteiger charge is -2.28. The number of aromatic nitrogens is 2. The number of H-pyrrole nitrogens is 1. The van der Waals surface area contributed by atoms with E-state index in [0.717, 1.165) is 12.1 Å². The van der Waals surface area contributed by atoms with Crippen LogP contribution < -0.4 is 5.69 Å². The average molecular weight is 270 g/mol. The Morgan fingerprint density at radius 2 is 2.10 bits per heavy atom. The summed E-state index contributed by atoms with van der Waals surface area (Å²) in [6.07, 6.45) is 1.54. The van der Waals surface area contributed by atoms with Crippen LogP contribution in [-0.4, -0.2) is 32.3 Å². The predicted octanol–water partition coefficient (Wildman–Crippen LogP) is 0.964. The quantitative estimate of drug-likeness (QED) is 0.629. The zero-order valence-electron chi connectivity index (χ0n) is 10.8. The minimum Gasteiger partial charge on any atom is -0.411 e. The Labute approximate surface area is 115 Å². The Morgan fingerprint density at radius 3 is 2.85 bits per heavy atom. The summed E-state index contributed by atoms with van der Waals surface area (Å²) in [5.41, 5.74) is 2.66. The molecule has 0 bridgehead atoms. The lowest BCUT2D eigenvalue weighted by molar-refractivity contribution is 0.272. The van der Waals surface area contributed by atoms with Crippen LogP contribution in [0.15, 0.2) is 46.5 Å². The molecule has 0 atom stereocenters. The first-order chi connectivity index (χ1) is 9.76. The van der Waals surface area contributed by atoms with E-state index in [9.17, 15) is 4.79 Å². The van der Waals surface area contributed by atoms with Crippen molar-refractivity contribution in [1.82, 2.24) is 14.9 Å². The average Bonchev–Trinajstić information content (AvgIpc) is 2.48. The molecule has 0 saturated heterocycles. The first-order valence-electron chi connectivity index (χ1n) is 6.32. The van der Waals surface area contributed by atoms with Crippen LogP contribution in [0.4, 0.5) is 0 Å².